The van der Waals surface area contributed by atoms with Gasteiger partial charge in [0.25, 0.3) is 0 Å². The van der Waals surface area contributed by atoms with E-state index in [2.05, 4.69) is 5.32 Å². The number of hydrogen-bond donors (Lipinski definition) is 1. The second-order valence-corrected chi connectivity index (χ2v) is 4.67. The minimum atomic E-state index is -0.202. The quantitative estimate of drug-likeness (QED) is 0.799. The van der Waals surface area contributed by atoms with Crippen LogP contribution in [0, 0.1) is 0 Å². The smallest absolute Gasteiger partial charge is 0.244 e. The minimum absolute atomic E-state index is 0.183. The predicted molar refractivity (Wildman–Crippen MR) is 83.8 cm³/mol. The Morgan fingerprint density at radius 2 is 2.05 bits per heavy atom. The summed E-state index contributed by atoms with van der Waals surface area (Å²) in [5.74, 6) is 1.75. The number of carbonyl (C=O) groups excluding carboxylic acids is 1. The zero-order valence-corrected chi connectivity index (χ0v) is 12.6. The number of nitrogens with one attached hydrogen (secondary N) is 1. The average Bonchev–Trinajstić information content (AvgIpc) is 3.05. The molecule has 5 nitrogen and oxygen atoms in total. The van der Waals surface area contributed by atoms with Gasteiger partial charge >= 0.3 is 0 Å². The van der Waals surface area contributed by atoms with Gasteiger partial charge in [-0.2, -0.15) is 0 Å². The molecule has 2 aromatic rings. The summed E-state index contributed by atoms with van der Waals surface area (Å²) in [6, 6.07) is 10.9. The van der Waals surface area contributed by atoms with E-state index >= 15 is 0 Å². The Balaban J connectivity index is 1.80. The number of amides is 1. The Morgan fingerprint density at radius 1 is 1.27 bits per heavy atom. The zero-order valence-electron chi connectivity index (χ0n) is 12.6. The zero-order chi connectivity index (χ0) is 15.8. The summed E-state index contributed by atoms with van der Waals surface area (Å²) in [5, 5.41) is 2.77. The van der Waals surface area contributed by atoms with E-state index in [4.69, 9.17) is 13.9 Å². The summed E-state index contributed by atoms with van der Waals surface area (Å²) in [4.78, 5) is 11.7. The third-order valence-electron chi connectivity index (χ3n) is 2.90. The number of para-hydroxylation sites is 2. The van der Waals surface area contributed by atoms with Gasteiger partial charge in [-0.05, 0) is 37.3 Å². The van der Waals surface area contributed by atoms with E-state index in [9.17, 15) is 4.79 Å². The van der Waals surface area contributed by atoms with Gasteiger partial charge in [0.05, 0.1) is 19.9 Å². The van der Waals surface area contributed by atoms with E-state index in [0.29, 0.717) is 23.8 Å². The molecule has 1 unspecified atom stereocenters. The van der Waals surface area contributed by atoms with E-state index < -0.39 is 0 Å². The van der Waals surface area contributed by atoms with E-state index in [-0.39, 0.29) is 12.0 Å². The Kier molecular flexibility index (Phi) is 5.65. The predicted octanol–water partition coefficient (Wildman–Crippen LogP) is 2.89. The molecule has 2 rings (SSSR count). The lowest BCUT2D eigenvalue weighted by Gasteiger charge is -2.16. The van der Waals surface area contributed by atoms with E-state index in [1.807, 2.05) is 31.2 Å². The van der Waals surface area contributed by atoms with Crippen molar-refractivity contribution >= 4 is 12.0 Å². The lowest BCUT2D eigenvalue weighted by Crippen LogP contribution is -2.32. The molecule has 0 aliphatic heterocycles. The summed E-state index contributed by atoms with van der Waals surface area (Å²) in [6.45, 7) is 2.27. The standard InChI is InChI=1S/C17H19NO4/c1-13(22-16-8-4-3-7-15(16)20-2)12-18-17(19)10-9-14-6-5-11-21-14/h3-11,13H,12H2,1-2H3,(H,18,19)/b10-9+. The third-order valence-corrected chi connectivity index (χ3v) is 2.90. The summed E-state index contributed by atoms with van der Waals surface area (Å²) < 4.78 is 16.1. The third kappa shape index (κ3) is 4.70. The van der Waals surface area contributed by atoms with Gasteiger partial charge in [0.1, 0.15) is 11.9 Å². The van der Waals surface area contributed by atoms with Crippen LogP contribution in [0.2, 0.25) is 0 Å². The van der Waals surface area contributed by atoms with Gasteiger partial charge in [-0.15, -0.1) is 0 Å². The van der Waals surface area contributed by atoms with Crippen molar-refractivity contribution in [1.29, 1.82) is 0 Å². The average molecular weight is 301 g/mol. The molecule has 0 fully saturated rings. The number of hydrogen-bond acceptors (Lipinski definition) is 4. The van der Waals surface area contributed by atoms with Gasteiger partial charge < -0.3 is 19.2 Å². The number of methoxy groups -OCH3 is 1. The molecule has 0 radical (unpaired) electrons. The Hall–Kier alpha value is -2.69. The van der Waals surface area contributed by atoms with Crippen molar-refractivity contribution in [2.45, 2.75) is 13.0 Å². The topological polar surface area (TPSA) is 60.7 Å². The summed E-state index contributed by atoms with van der Waals surface area (Å²) in [5.41, 5.74) is 0. The van der Waals surface area contributed by atoms with Gasteiger partial charge in [0.2, 0.25) is 5.91 Å². The molecule has 1 N–H and O–H groups in total. The molecule has 0 saturated heterocycles. The molecule has 1 aromatic carbocycles. The molecule has 0 spiro atoms. The Labute approximate surface area is 129 Å². The van der Waals surface area contributed by atoms with Crippen molar-refractivity contribution in [3.63, 3.8) is 0 Å². The molecule has 22 heavy (non-hydrogen) atoms. The summed E-state index contributed by atoms with van der Waals surface area (Å²) in [6.07, 6.45) is 4.41. The first-order valence-electron chi connectivity index (χ1n) is 6.98. The number of ether oxygens (including phenoxy) is 2. The van der Waals surface area contributed by atoms with Crippen LogP contribution in [0.3, 0.4) is 0 Å². The number of rotatable bonds is 7. The highest BCUT2D eigenvalue weighted by molar-refractivity contribution is 5.91. The van der Waals surface area contributed by atoms with Crippen molar-refractivity contribution in [2.75, 3.05) is 13.7 Å². The van der Waals surface area contributed by atoms with E-state index in [1.54, 1.807) is 31.6 Å². The summed E-state index contributed by atoms with van der Waals surface area (Å²) >= 11 is 0. The monoisotopic (exact) mass is 301 g/mol. The fourth-order valence-corrected chi connectivity index (χ4v) is 1.82. The van der Waals surface area contributed by atoms with Gasteiger partial charge in [0.15, 0.2) is 11.5 Å². The van der Waals surface area contributed by atoms with Crippen LogP contribution >= 0.6 is 0 Å². The van der Waals surface area contributed by atoms with Gasteiger partial charge in [-0.25, -0.2) is 0 Å². The van der Waals surface area contributed by atoms with Gasteiger partial charge in [-0.3, -0.25) is 4.79 Å². The van der Waals surface area contributed by atoms with Crippen molar-refractivity contribution < 1.29 is 18.7 Å². The van der Waals surface area contributed by atoms with Crippen molar-refractivity contribution in [3.8, 4) is 11.5 Å². The van der Waals surface area contributed by atoms with Gasteiger partial charge in [0, 0.05) is 6.08 Å². The first-order chi connectivity index (χ1) is 10.7. The lowest BCUT2D eigenvalue weighted by molar-refractivity contribution is -0.116. The fraction of sp³-hybridized carbons (Fsp3) is 0.235. The normalized spacial score (nSPS) is 12.1. The SMILES string of the molecule is COc1ccccc1OC(C)CNC(=O)/C=C/c1ccco1. The molecule has 1 amide bonds. The van der Waals surface area contributed by atoms with Crippen LogP contribution in [0.4, 0.5) is 0 Å². The molecule has 0 bridgehead atoms. The van der Waals surface area contributed by atoms with Crippen LogP contribution in [0.5, 0.6) is 11.5 Å². The Morgan fingerprint density at radius 3 is 2.73 bits per heavy atom. The van der Waals surface area contributed by atoms with Crippen LogP contribution < -0.4 is 14.8 Å². The minimum Gasteiger partial charge on any atom is -0.493 e. The fourth-order valence-electron chi connectivity index (χ4n) is 1.82. The number of benzene rings is 1. The second-order valence-electron chi connectivity index (χ2n) is 4.67. The van der Waals surface area contributed by atoms with Crippen LogP contribution in [-0.4, -0.2) is 25.7 Å². The van der Waals surface area contributed by atoms with Crippen LogP contribution in [0.1, 0.15) is 12.7 Å². The van der Waals surface area contributed by atoms with Crippen molar-refractivity contribution in [1.82, 2.24) is 5.32 Å². The van der Waals surface area contributed by atoms with Crippen molar-refractivity contribution in [2.24, 2.45) is 0 Å². The largest absolute Gasteiger partial charge is 0.493 e. The molecule has 0 aliphatic rings. The maximum Gasteiger partial charge on any atom is 0.244 e. The second kappa shape index (κ2) is 7.93. The molecule has 1 heterocycles. The Bertz CT molecular complexity index is 619. The molecule has 0 saturated carbocycles. The maximum absolute atomic E-state index is 11.7. The molecular formula is C17H19NO4. The highest BCUT2D eigenvalue weighted by atomic mass is 16.5. The number of furan rings is 1. The summed E-state index contributed by atoms with van der Waals surface area (Å²) in [7, 11) is 1.59. The molecule has 1 atom stereocenters. The maximum atomic E-state index is 11.7. The van der Waals surface area contributed by atoms with E-state index in [0.717, 1.165) is 0 Å². The molecule has 1 aromatic heterocycles. The van der Waals surface area contributed by atoms with Crippen LogP contribution in [0.15, 0.2) is 53.2 Å². The molecular weight excluding hydrogens is 282 g/mol. The molecule has 116 valence electrons. The van der Waals surface area contributed by atoms with Crippen molar-refractivity contribution in [3.05, 3.63) is 54.5 Å². The van der Waals surface area contributed by atoms with E-state index in [1.165, 1.54) is 6.08 Å². The highest BCUT2D eigenvalue weighted by Crippen LogP contribution is 2.26. The highest BCUT2D eigenvalue weighted by Gasteiger charge is 2.09. The number of carbonyl (C=O) groups is 1. The van der Waals surface area contributed by atoms with Crippen LogP contribution in [-0.2, 0) is 4.79 Å². The van der Waals surface area contributed by atoms with Crippen LogP contribution in [0.25, 0.3) is 6.08 Å². The molecule has 5 heteroatoms. The first kappa shape index (κ1) is 15.7. The lowest BCUT2D eigenvalue weighted by atomic mass is 10.3. The molecule has 0 aliphatic carbocycles. The first-order valence-corrected chi connectivity index (χ1v) is 6.98. The van der Waals surface area contributed by atoms with Gasteiger partial charge in [-0.1, -0.05) is 12.1 Å².